The van der Waals surface area contributed by atoms with Crippen molar-refractivity contribution in [3.8, 4) is 0 Å². The molecule has 0 unspecified atom stereocenters. The lowest BCUT2D eigenvalue weighted by Gasteiger charge is -2.22. The fraction of sp³-hybridized carbons (Fsp3) is 0.304. The second kappa shape index (κ2) is 8.49. The van der Waals surface area contributed by atoms with Crippen molar-refractivity contribution in [1.82, 2.24) is 10.2 Å². The van der Waals surface area contributed by atoms with Gasteiger partial charge in [-0.1, -0.05) is 49.7 Å². The van der Waals surface area contributed by atoms with Crippen LogP contribution in [0.1, 0.15) is 48.7 Å². The molecule has 0 saturated carbocycles. The summed E-state index contributed by atoms with van der Waals surface area (Å²) in [7, 11) is 0. The van der Waals surface area contributed by atoms with Crippen LogP contribution in [0.25, 0.3) is 0 Å². The van der Waals surface area contributed by atoms with Crippen molar-refractivity contribution in [1.29, 1.82) is 0 Å². The molecule has 2 aromatic carbocycles. The highest BCUT2D eigenvalue weighted by Gasteiger charge is 2.49. The monoisotopic (exact) mass is 407 g/mol. The summed E-state index contributed by atoms with van der Waals surface area (Å²) in [4.78, 5) is 50.6. The number of Topliss-reactive ketones (excluding diaryl/α,β-unsaturated/α-hetero) is 1. The molecular formula is C23H25N3O4. The normalized spacial score (nSPS) is 18.3. The van der Waals surface area contributed by atoms with Gasteiger partial charge in [0.15, 0.2) is 5.78 Å². The van der Waals surface area contributed by atoms with Gasteiger partial charge in [-0.25, -0.2) is 4.79 Å². The predicted molar refractivity (Wildman–Crippen MR) is 113 cm³/mol. The first-order valence-electron chi connectivity index (χ1n) is 9.89. The Bertz CT molecular complexity index is 1000. The van der Waals surface area contributed by atoms with Crippen molar-refractivity contribution in [2.45, 2.75) is 39.2 Å². The zero-order chi connectivity index (χ0) is 21.9. The third-order valence-electron chi connectivity index (χ3n) is 5.23. The second-order valence-electron chi connectivity index (χ2n) is 7.54. The van der Waals surface area contributed by atoms with Crippen LogP contribution in [0.5, 0.6) is 0 Å². The van der Waals surface area contributed by atoms with E-state index >= 15 is 0 Å². The summed E-state index contributed by atoms with van der Waals surface area (Å²) < 4.78 is 0. The zero-order valence-corrected chi connectivity index (χ0v) is 17.3. The molecule has 7 nitrogen and oxygen atoms in total. The molecular weight excluding hydrogens is 382 g/mol. The Hall–Kier alpha value is -3.48. The predicted octanol–water partition coefficient (Wildman–Crippen LogP) is 3.25. The van der Waals surface area contributed by atoms with Crippen LogP contribution in [0.3, 0.4) is 0 Å². The molecule has 0 bridgehead atoms. The molecule has 1 aliphatic heterocycles. The van der Waals surface area contributed by atoms with Gasteiger partial charge in [0, 0.05) is 5.56 Å². The van der Waals surface area contributed by atoms with Gasteiger partial charge >= 0.3 is 6.03 Å². The van der Waals surface area contributed by atoms with Crippen LogP contribution in [0.4, 0.5) is 10.5 Å². The Morgan fingerprint density at radius 1 is 1.07 bits per heavy atom. The van der Waals surface area contributed by atoms with E-state index in [1.165, 1.54) is 6.92 Å². The van der Waals surface area contributed by atoms with E-state index in [0.29, 0.717) is 16.8 Å². The number of nitrogens with zero attached hydrogens (tertiary/aromatic N) is 1. The number of hydrogen-bond donors (Lipinski definition) is 2. The zero-order valence-electron chi connectivity index (χ0n) is 17.3. The van der Waals surface area contributed by atoms with Crippen molar-refractivity contribution in [3.63, 3.8) is 0 Å². The van der Waals surface area contributed by atoms with E-state index in [-0.39, 0.29) is 5.78 Å². The van der Waals surface area contributed by atoms with E-state index in [9.17, 15) is 19.2 Å². The molecule has 3 rings (SSSR count). The van der Waals surface area contributed by atoms with Crippen LogP contribution >= 0.6 is 0 Å². The van der Waals surface area contributed by atoms with Crippen LogP contribution in [-0.2, 0) is 21.5 Å². The highest BCUT2D eigenvalue weighted by molar-refractivity contribution is 6.11. The molecule has 4 amide bonds. The van der Waals surface area contributed by atoms with Crippen LogP contribution in [0.15, 0.2) is 48.5 Å². The first kappa shape index (κ1) is 21.2. The van der Waals surface area contributed by atoms with E-state index in [0.717, 1.165) is 23.3 Å². The first-order valence-corrected chi connectivity index (χ1v) is 9.89. The number of benzene rings is 2. The topological polar surface area (TPSA) is 95.6 Å². The van der Waals surface area contributed by atoms with Gasteiger partial charge in [0.05, 0.1) is 5.69 Å². The molecule has 0 radical (unpaired) electrons. The number of nitrogens with one attached hydrogen (secondary N) is 2. The van der Waals surface area contributed by atoms with Crippen molar-refractivity contribution < 1.29 is 19.2 Å². The van der Waals surface area contributed by atoms with Crippen molar-refractivity contribution in [3.05, 3.63) is 65.2 Å². The van der Waals surface area contributed by atoms with Crippen LogP contribution < -0.4 is 10.6 Å². The molecule has 7 heteroatoms. The number of amides is 4. The molecule has 30 heavy (non-hydrogen) atoms. The van der Waals surface area contributed by atoms with Crippen LogP contribution in [0.2, 0.25) is 0 Å². The van der Waals surface area contributed by atoms with Gasteiger partial charge in [0.2, 0.25) is 5.91 Å². The van der Waals surface area contributed by atoms with Gasteiger partial charge in [-0.3, -0.25) is 19.3 Å². The van der Waals surface area contributed by atoms with E-state index in [1.807, 2.05) is 24.3 Å². The molecule has 1 atom stereocenters. The van der Waals surface area contributed by atoms with Crippen molar-refractivity contribution in [2.24, 2.45) is 0 Å². The summed E-state index contributed by atoms with van der Waals surface area (Å²) in [6.45, 7) is 4.68. The number of urea groups is 1. The molecule has 0 aromatic heterocycles. The summed E-state index contributed by atoms with van der Waals surface area (Å²) in [5, 5.41) is 5.31. The third kappa shape index (κ3) is 4.10. The quantitative estimate of drug-likeness (QED) is 0.544. The van der Waals surface area contributed by atoms with Gasteiger partial charge in [0.25, 0.3) is 5.91 Å². The summed E-state index contributed by atoms with van der Waals surface area (Å²) in [6.07, 6.45) is 1.95. The fourth-order valence-corrected chi connectivity index (χ4v) is 3.56. The van der Waals surface area contributed by atoms with Crippen molar-refractivity contribution >= 4 is 29.3 Å². The third-order valence-corrected chi connectivity index (χ3v) is 5.23. The largest absolute Gasteiger partial charge is 0.325 e. The lowest BCUT2D eigenvalue weighted by atomic mass is 9.91. The van der Waals surface area contributed by atoms with E-state index < -0.39 is 29.9 Å². The number of anilines is 1. The first-order chi connectivity index (χ1) is 14.3. The molecule has 0 spiro atoms. The van der Waals surface area contributed by atoms with Gasteiger partial charge in [-0.2, -0.15) is 0 Å². The minimum Gasteiger partial charge on any atom is -0.324 e. The second-order valence-corrected chi connectivity index (χ2v) is 7.54. The maximum atomic E-state index is 13.0. The smallest absolute Gasteiger partial charge is 0.324 e. The standard InChI is InChI=1S/C23H25N3O4/c1-4-7-16-10-12-17(13-11-16)23(3)21(29)26(22(30)25-23)14-20(28)24-19-9-6-5-8-18(19)15(2)27/h5-6,8-13H,4,7,14H2,1-3H3,(H,24,28)(H,25,30)/t23-/m0/s1. The van der Waals surface area contributed by atoms with Gasteiger partial charge in [-0.05, 0) is 43.5 Å². The fourth-order valence-electron chi connectivity index (χ4n) is 3.56. The Morgan fingerprint density at radius 2 is 1.73 bits per heavy atom. The number of ketones is 1. The molecule has 1 fully saturated rings. The summed E-state index contributed by atoms with van der Waals surface area (Å²) >= 11 is 0. The summed E-state index contributed by atoms with van der Waals surface area (Å²) in [5.41, 5.74) is 1.28. The number of hydrogen-bond acceptors (Lipinski definition) is 4. The summed E-state index contributed by atoms with van der Waals surface area (Å²) in [6, 6.07) is 13.5. The minimum absolute atomic E-state index is 0.194. The number of carbonyl (C=O) groups excluding carboxylic acids is 4. The van der Waals surface area contributed by atoms with E-state index in [2.05, 4.69) is 17.6 Å². The number of para-hydroxylation sites is 1. The molecule has 156 valence electrons. The lowest BCUT2D eigenvalue weighted by molar-refractivity contribution is -0.133. The maximum absolute atomic E-state index is 13.0. The van der Waals surface area contributed by atoms with Crippen LogP contribution in [-0.4, -0.2) is 35.1 Å². The van der Waals surface area contributed by atoms with Crippen LogP contribution in [0, 0.1) is 0 Å². The summed E-state index contributed by atoms with van der Waals surface area (Å²) in [5.74, 6) is -1.25. The van der Waals surface area contributed by atoms with E-state index in [4.69, 9.17) is 0 Å². The minimum atomic E-state index is -1.24. The Labute approximate surface area is 175 Å². The molecule has 1 saturated heterocycles. The molecule has 2 N–H and O–H groups in total. The average Bonchev–Trinajstić information content (AvgIpc) is 2.93. The molecule has 1 heterocycles. The van der Waals surface area contributed by atoms with E-state index in [1.54, 1.807) is 31.2 Å². The number of imide groups is 1. The molecule has 2 aromatic rings. The Kier molecular flexibility index (Phi) is 6.01. The Morgan fingerprint density at radius 3 is 2.37 bits per heavy atom. The lowest BCUT2D eigenvalue weighted by Crippen LogP contribution is -2.42. The highest BCUT2D eigenvalue weighted by Crippen LogP contribution is 2.29. The average molecular weight is 407 g/mol. The van der Waals surface area contributed by atoms with Gasteiger partial charge in [-0.15, -0.1) is 0 Å². The number of carbonyl (C=O) groups is 4. The SMILES string of the molecule is CCCc1ccc([C@]2(C)NC(=O)N(CC(=O)Nc3ccccc3C(C)=O)C2=O)cc1. The van der Waals surface area contributed by atoms with Gasteiger partial charge < -0.3 is 10.6 Å². The molecule has 0 aliphatic carbocycles. The maximum Gasteiger partial charge on any atom is 0.325 e. The number of aryl methyl sites for hydroxylation is 1. The highest BCUT2D eigenvalue weighted by atomic mass is 16.2. The number of rotatable bonds is 7. The molecule has 1 aliphatic rings. The Balaban J connectivity index is 1.75. The van der Waals surface area contributed by atoms with Crippen molar-refractivity contribution in [2.75, 3.05) is 11.9 Å². The van der Waals surface area contributed by atoms with Gasteiger partial charge in [0.1, 0.15) is 12.1 Å².